The molecule has 0 unspecified atom stereocenters. The fourth-order valence-corrected chi connectivity index (χ4v) is 3.73. The Kier molecular flexibility index (Phi) is 3.75. The summed E-state index contributed by atoms with van der Waals surface area (Å²) in [6, 6.07) is 19.8. The van der Waals surface area contributed by atoms with E-state index in [1.54, 1.807) is 23.9 Å². The van der Waals surface area contributed by atoms with Crippen LogP contribution in [0.15, 0.2) is 76.7 Å². The standard InChI is InChI=1S/C20H16N2OS/c1-13-3-2-4-16(11-13)24-19-9-10-21-20-17(19)12-18(22-20)14-5-7-15(23)8-6-14/h2-12,23H,1H3,(H,21,22). The van der Waals surface area contributed by atoms with Gasteiger partial charge in [0.2, 0.25) is 0 Å². The van der Waals surface area contributed by atoms with Crippen LogP contribution in [-0.2, 0) is 0 Å². The smallest absolute Gasteiger partial charge is 0.138 e. The van der Waals surface area contributed by atoms with Gasteiger partial charge in [-0.25, -0.2) is 4.98 Å². The first kappa shape index (κ1) is 14.8. The van der Waals surface area contributed by atoms with Gasteiger partial charge in [-0.2, -0.15) is 0 Å². The Morgan fingerprint density at radius 3 is 2.62 bits per heavy atom. The number of phenolic OH excluding ortho intramolecular Hbond substituents is 1. The van der Waals surface area contributed by atoms with Gasteiger partial charge >= 0.3 is 0 Å². The lowest BCUT2D eigenvalue weighted by molar-refractivity contribution is 0.475. The Labute approximate surface area is 144 Å². The van der Waals surface area contributed by atoms with Gasteiger partial charge in [-0.15, -0.1) is 0 Å². The molecule has 0 fully saturated rings. The second kappa shape index (κ2) is 6.06. The van der Waals surface area contributed by atoms with E-state index in [1.807, 2.05) is 24.4 Å². The van der Waals surface area contributed by atoms with Gasteiger partial charge in [0.05, 0.1) is 0 Å². The molecular formula is C20H16N2OS. The molecule has 118 valence electrons. The van der Waals surface area contributed by atoms with Crippen LogP contribution >= 0.6 is 11.8 Å². The summed E-state index contributed by atoms with van der Waals surface area (Å²) in [6.45, 7) is 2.10. The number of hydrogen-bond donors (Lipinski definition) is 2. The number of fused-ring (bicyclic) bond motifs is 1. The van der Waals surface area contributed by atoms with Crippen molar-refractivity contribution in [1.29, 1.82) is 0 Å². The average Bonchev–Trinajstić information content (AvgIpc) is 3.01. The van der Waals surface area contributed by atoms with Crippen LogP contribution in [0.5, 0.6) is 5.75 Å². The van der Waals surface area contributed by atoms with Crippen LogP contribution in [0.25, 0.3) is 22.3 Å². The lowest BCUT2D eigenvalue weighted by atomic mass is 10.1. The van der Waals surface area contributed by atoms with Gasteiger partial charge in [0, 0.05) is 27.1 Å². The molecule has 0 radical (unpaired) electrons. The third-order valence-corrected chi connectivity index (χ3v) is 4.95. The minimum absolute atomic E-state index is 0.267. The molecule has 0 saturated carbocycles. The van der Waals surface area contributed by atoms with Gasteiger partial charge in [0.25, 0.3) is 0 Å². The van der Waals surface area contributed by atoms with Crippen LogP contribution in [0.3, 0.4) is 0 Å². The molecule has 4 rings (SSSR count). The zero-order valence-electron chi connectivity index (χ0n) is 13.2. The van der Waals surface area contributed by atoms with E-state index < -0.39 is 0 Å². The quantitative estimate of drug-likeness (QED) is 0.528. The Bertz CT molecular complexity index is 1010. The minimum atomic E-state index is 0.267. The fourth-order valence-electron chi connectivity index (χ4n) is 2.69. The number of aromatic amines is 1. The molecule has 4 heteroatoms. The van der Waals surface area contributed by atoms with Gasteiger partial charge < -0.3 is 10.1 Å². The number of rotatable bonds is 3. The topological polar surface area (TPSA) is 48.9 Å². The maximum Gasteiger partial charge on any atom is 0.138 e. The van der Waals surface area contributed by atoms with Gasteiger partial charge in [-0.1, -0.05) is 29.5 Å². The summed E-state index contributed by atoms with van der Waals surface area (Å²) in [5, 5.41) is 10.6. The number of nitrogens with zero attached hydrogens (tertiary/aromatic N) is 1. The van der Waals surface area contributed by atoms with Crippen LogP contribution in [0, 0.1) is 6.92 Å². The van der Waals surface area contributed by atoms with Crippen molar-refractivity contribution in [2.24, 2.45) is 0 Å². The molecule has 0 atom stereocenters. The number of aromatic nitrogens is 2. The number of benzene rings is 2. The molecule has 0 aliphatic rings. The van der Waals surface area contributed by atoms with E-state index in [0.29, 0.717) is 0 Å². The van der Waals surface area contributed by atoms with Crippen molar-refractivity contribution in [1.82, 2.24) is 9.97 Å². The average molecular weight is 332 g/mol. The summed E-state index contributed by atoms with van der Waals surface area (Å²) in [5.74, 6) is 0.267. The highest BCUT2D eigenvalue weighted by Gasteiger charge is 2.09. The van der Waals surface area contributed by atoms with Crippen LogP contribution in [-0.4, -0.2) is 15.1 Å². The summed E-state index contributed by atoms with van der Waals surface area (Å²) in [4.78, 5) is 10.2. The Morgan fingerprint density at radius 2 is 1.83 bits per heavy atom. The van der Waals surface area contributed by atoms with Crippen molar-refractivity contribution in [3.05, 3.63) is 72.4 Å². The molecule has 0 aliphatic carbocycles. The summed E-state index contributed by atoms with van der Waals surface area (Å²) in [7, 11) is 0. The van der Waals surface area contributed by atoms with Crippen molar-refractivity contribution in [3.63, 3.8) is 0 Å². The molecule has 4 aromatic rings. The van der Waals surface area contributed by atoms with E-state index in [-0.39, 0.29) is 5.75 Å². The van der Waals surface area contributed by atoms with E-state index in [0.717, 1.165) is 22.3 Å². The zero-order valence-corrected chi connectivity index (χ0v) is 14.0. The molecule has 2 aromatic carbocycles. The molecule has 0 saturated heterocycles. The molecule has 0 amide bonds. The lowest BCUT2D eigenvalue weighted by Gasteiger charge is -2.03. The molecule has 2 aromatic heterocycles. The highest BCUT2D eigenvalue weighted by atomic mass is 32.2. The Morgan fingerprint density at radius 1 is 1.00 bits per heavy atom. The lowest BCUT2D eigenvalue weighted by Crippen LogP contribution is -1.80. The molecule has 2 heterocycles. The van der Waals surface area contributed by atoms with Crippen molar-refractivity contribution in [2.75, 3.05) is 0 Å². The summed E-state index contributed by atoms with van der Waals surface area (Å²) >= 11 is 1.74. The molecule has 0 bridgehead atoms. The molecular weight excluding hydrogens is 316 g/mol. The second-order valence-electron chi connectivity index (χ2n) is 5.72. The number of aryl methyl sites for hydroxylation is 1. The number of nitrogens with one attached hydrogen (secondary N) is 1. The van der Waals surface area contributed by atoms with Crippen LogP contribution in [0.2, 0.25) is 0 Å². The van der Waals surface area contributed by atoms with Gasteiger partial charge in [0.1, 0.15) is 11.4 Å². The summed E-state index contributed by atoms with van der Waals surface area (Å²) in [5.41, 5.74) is 4.15. The predicted octanol–water partition coefficient (Wildman–Crippen LogP) is 5.40. The molecule has 0 spiro atoms. The number of H-pyrrole nitrogens is 1. The number of phenols is 1. The third-order valence-electron chi connectivity index (χ3n) is 3.89. The highest BCUT2D eigenvalue weighted by Crippen LogP contribution is 2.35. The van der Waals surface area contributed by atoms with Gasteiger partial charge in [-0.05, 0) is 61.0 Å². The van der Waals surface area contributed by atoms with Crippen LogP contribution < -0.4 is 0 Å². The molecule has 0 aliphatic heterocycles. The first-order chi connectivity index (χ1) is 11.7. The van der Waals surface area contributed by atoms with Crippen molar-refractivity contribution in [3.8, 4) is 17.0 Å². The number of aromatic hydroxyl groups is 1. The first-order valence-electron chi connectivity index (χ1n) is 7.71. The molecule has 3 nitrogen and oxygen atoms in total. The van der Waals surface area contributed by atoms with Crippen molar-refractivity contribution >= 4 is 22.8 Å². The number of hydrogen-bond acceptors (Lipinski definition) is 3. The van der Waals surface area contributed by atoms with E-state index >= 15 is 0 Å². The maximum atomic E-state index is 9.45. The third kappa shape index (κ3) is 2.88. The largest absolute Gasteiger partial charge is 0.508 e. The van der Waals surface area contributed by atoms with Crippen molar-refractivity contribution < 1.29 is 5.11 Å². The van der Waals surface area contributed by atoms with E-state index in [9.17, 15) is 5.11 Å². The van der Waals surface area contributed by atoms with Gasteiger partial charge in [-0.3, -0.25) is 0 Å². The molecule has 24 heavy (non-hydrogen) atoms. The normalized spacial score (nSPS) is 11.0. The van der Waals surface area contributed by atoms with Crippen LogP contribution in [0.4, 0.5) is 0 Å². The predicted molar refractivity (Wildman–Crippen MR) is 98.5 cm³/mol. The monoisotopic (exact) mass is 332 g/mol. The summed E-state index contributed by atoms with van der Waals surface area (Å²) < 4.78 is 0. The highest BCUT2D eigenvalue weighted by molar-refractivity contribution is 7.99. The van der Waals surface area contributed by atoms with Gasteiger partial charge in [0.15, 0.2) is 0 Å². The van der Waals surface area contributed by atoms with E-state index in [2.05, 4.69) is 47.2 Å². The minimum Gasteiger partial charge on any atom is -0.508 e. The van der Waals surface area contributed by atoms with E-state index in [1.165, 1.54) is 15.4 Å². The number of pyridine rings is 1. The first-order valence-corrected chi connectivity index (χ1v) is 8.52. The Hall–Kier alpha value is -2.72. The summed E-state index contributed by atoms with van der Waals surface area (Å²) in [6.07, 6.45) is 1.83. The maximum absolute atomic E-state index is 9.45. The Balaban J connectivity index is 1.76. The van der Waals surface area contributed by atoms with Crippen LogP contribution in [0.1, 0.15) is 5.56 Å². The fraction of sp³-hybridized carbons (Fsp3) is 0.0500. The zero-order chi connectivity index (χ0) is 16.5. The molecule has 2 N–H and O–H groups in total. The van der Waals surface area contributed by atoms with E-state index in [4.69, 9.17) is 0 Å². The SMILES string of the molecule is Cc1cccc(Sc2ccnc3[nH]c(-c4ccc(O)cc4)cc23)c1. The van der Waals surface area contributed by atoms with Crippen molar-refractivity contribution in [2.45, 2.75) is 16.7 Å². The second-order valence-corrected chi connectivity index (χ2v) is 6.84.